The van der Waals surface area contributed by atoms with Crippen LogP contribution in [-0.4, -0.2) is 26.8 Å². The van der Waals surface area contributed by atoms with E-state index in [1.54, 1.807) is 7.11 Å². The van der Waals surface area contributed by atoms with Crippen LogP contribution in [0.15, 0.2) is 42.5 Å². The number of methoxy groups -OCH3 is 2. The Hall–Kier alpha value is -2.53. The Morgan fingerprint density at radius 3 is 2.92 bits per heavy atom. The highest BCUT2D eigenvalue weighted by Crippen LogP contribution is 2.28. The third-order valence-electron chi connectivity index (χ3n) is 4.13. The van der Waals surface area contributed by atoms with E-state index in [-0.39, 0.29) is 5.97 Å². The standard InChI is InChI=1S/C19H21NO4/c1-22-16-5-3-4-13(10-16)12-20-18(19(21)23-2)15-6-7-17-14(11-15)8-9-24-17/h3-7,10-11,18,20H,8-9,12H2,1-2H3. The fourth-order valence-corrected chi connectivity index (χ4v) is 2.84. The lowest BCUT2D eigenvalue weighted by molar-refractivity contribution is -0.143. The van der Waals surface area contributed by atoms with E-state index in [1.165, 1.54) is 7.11 Å². The number of carbonyl (C=O) groups is 1. The Balaban J connectivity index is 1.78. The van der Waals surface area contributed by atoms with Crippen LogP contribution in [0.25, 0.3) is 0 Å². The van der Waals surface area contributed by atoms with Crippen LogP contribution in [-0.2, 0) is 22.5 Å². The van der Waals surface area contributed by atoms with Crippen molar-refractivity contribution in [1.29, 1.82) is 0 Å². The maximum Gasteiger partial charge on any atom is 0.327 e. The van der Waals surface area contributed by atoms with E-state index in [4.69, 9.17) is 14.2 Å². The first-order valence-corrected chi connectivity index (χ1v) is 7.91. The van der Waals surface area contributed by atoms with Crippen molar-refractivity contribution < 1.29 is 19.0 Å². The van der Waals surface area contributed by atoms with Crippen LogP contribution in [0, 0.1) is 0 Å². The fourth-order valence-electron chi connectivity index (χ4n) is 2.84. The molecule has 24 heavy (non-hydrogen) atoms. The first-order chi connectivity index (χ1) is 11.7. The van der Waals surface area contributed by atoms with Gasteiger partial charge in [0.25, 0.3) is 0 Å². The van der Waals surface area contributed by atoms with Crippen molar-refractivity contribution in [2.75, 3.05) is 20.8 Å². The minimum Gasteiger partial charge on any atom is -0.497 e. The normalized spacial score (nSPS) is 13.8. The van der Waals surface area contributed by atoms with Crippen LogP contribution >= 0.6 is 0 Å². The van der Waals surface area contributed by atoms with Gasteiger partial charge in [-0.3, -0.25) is 5.32 Å². The molecule has 0 fully saturated rings. The largest absolute Gasteiger partial charge is 0.497 e. The molecule has 0 amide bonds. The summed E-state index contributed by atoms with van der Waals surface area (Å²) in [6, 6.07) is 13.1. The molecule has 1 aliphatic rings. The summed E-state index contributed by atoms with van der Waals surface area (Å²) in [4.78, 5) is 12.2. The van der Waals surface area contributed by atoms with E-state index in [0.29, 0.717) is 13.2 Å². The molecule has 0 spiro atoms. The molecule has 126 valence electrons. The minimum absolute atomic E-state index is 0.309. The molecule has 2 aromatic carbocycles. The molecule has 1 heterocycles. The Labute approximate surface area is 141 Å². The molecule has 5 heteroatoms. The van der Waals surface area contributed by atoms with E-state index < -0.39 is 6.04 Å². The van der Waals surface area contributed by atoms with Gasteiger partial charge in [-0.05, 0) is 41.0 Å². The number of esters is 1. The van der Waals surface area contributed by atoms with Gasteiger partial charge in [-0.2, -0.15) is 0 Å². The molecular weight excluding hydrogens is 306 g/mol. The molecule has 5 nitrogen and oxygen atoms in total. The molecule has 1 N–H and O–H groups in total. The lowest BCUT2D eigenvalue weighted by Crippen LogP contribution is -2.29. The van der Waals surface area contributed by atoms with Crippen molar-refractivity contribution in [3.63, 3.8) is 0 Å². The molecule has 0 aromatic heterocycles. The Kier molecular flexibility index (Phi) is 5.01. The highest BCUT2D eigenvalue weighted by molar-refractivity contribution is 5.77. The second kappa shape index (κ2) is 7.36. The molecule has 2 aromatic rings. The number of fused-ring (bicyclic) bond motifs is 1. The molecule has 1 aliphatic heterocycles. The van der Waals surface area contributed by atoms with Gasteiger partial charge in [0.1, 0.15) is 17.5 Å². The van der Waals surface area contributed by atoms with E-state index in [9.17, 15) is 4.79 Å². The number of ether oxygens (including phenoxy) is 3. The number of hydrogen-bond acceptors (Lipinski definition) is 5. The van der Waals surface area contributed by atoms with Crippen LogP contribution < -0.4 is 14.8 Å². The highest BCUT2D eigenvalue weighted by atomic mass is 16.5. The van der Waals surface area contributed by atoms with Crippen LogP contribution in [0.2, 0.25) is 0 Å². The van der Waals surface area contributed by atoms with Gasteiger partial charge in [-0.15, -0.1) is 0 Å². The third-order valence-corrected chi connectivity index (χ3v) is 4.13. The smallest absolute Gasteiger partial charge is 0.327 e. The average Bonchev–Trinajstić information content (AvgIpc) is 3.09. The van der Waals surface area contributed by atoms with Gasteiger partial charge < -0.3 is 14.2 Å². The Bertz CT molecular complexity index is 729. The Morgan fingerprint density at radius 1 is 1.25 bits per heavy atom. The summed E-state index contributed by atoms with van der Waals surface area (Å²) in [5.41, 5.74) is 3.05. The SMILES string of the molecule is COC(=O)C(NCc1cccc(OC)c1)c1ccc2c(c1)CCO2. The van der Waals surface area contributed by atoms with Crippen LogP contribution in [0.3, 0.4) is 0 Å². The molecular formula is C19H21NO4. The number of nitrogens with one attached hydrogen (secondary N) is 1. The highest BCUT2D eigenvalue weighted by Gasteiger charge is 2.23. The van der Waals surface area contributed by atoms with Crippen LogP contribution in [0.4, 0.5) is 0 Å². The first-order valence-electron chi connectivity index (χ1n) is 7.91. The van der Waals surface area contributed by atoms with Crippen molar-refractivity contribution >= 4 is 5.97 Å². The molecule has 0 saturated heterocycles. The number of benzene rings is 2. The van der Waals surface area contributed by atoms with Gasteiger partial charge in [-0.1, -0.05) is 18.2 Å². The number of hydrogen-bond donors (Lipinski definition) is 1. The zero-order valence-electron chi connectivity index (χ0n) is 13.9. The summed E-state index contributed by atoms with van der Waals surface area (Å²) >= 11 is 0. The maximum atomic E-state index is 12.2. The third kappa shape index (κ3) is 3.51. The van der Waals surface area contributed by atoms with Crippen LogP contribution in [0.5, 0.6) is 11.5 Å². The van der Waals surface area contributed by atoms with Crippen molar-refractivity contribution in [2.45, 2.75) is 19.0 Å². The molecule has 0 saturated carbocycles. The first kappa shape index (κ1) is 16.3. The van der Waals surface area contributed by atoms with Gasteiger partial charge in [0, 0.05) is 13.0 Å². The van der Waals surface area contributed by atoms with Gasteiger partial charge in [0.2, 0.25) is 0 Å². The molecule has 3 rings (SSSR count). The number of carbonyl (C=O) groups excluding carboxylic acids is 1. The van der Waals surface area contributed by atoms with Gasteiger partial charge >= 0.3 is 5.97 Å². The minimum atomic E-state index is -0.521. The maximum absolute atomic E-state index is 12.2. The van der Waals surface area contributed by atoms with Gasteiger partial charge in [0.15, 0.2) is 0 Å². The van der Waals surface area contributed by atoms with Gasteiger partial charge in [-0.25, -0.2) is 4.79 Å². The van der Waals surface area contributed by atoms with Crippen LogP contribution in [0.1, 0.15) is 22.7 Å². The molecule has 1 unspecified atom stereocenters. The monoisotopic (exact) mass is 327 g/mol. The summed E-state index contributed by atoms with van der Waals surface area (Å²) in [5, 5.41) is 3.27. The average molecular weight is 327 g/mol. The second-order valence-corrected chi connectivity index (χ2v) is 5.65. The quantitative estimate of drug-likeness (QED) is 0.827. The summed E-state index contributed by atoms with van der Waals surface area (Å²) in [7, 11) is 3.04. The molecule has 0 radical (unpaired) electrons. The summed E-state index contributed by atoms with van der Waals surface area (Å²) < 4.78 is 15.7. The Morgan fingerprint density at radius 2 is 2.12 bits per heavy atom. The topological polar surface area (TPSA) is 56.8 Å². The number of rotatable bonds is 6. The van der Waals surface area contributed by atoms with E-state index in [0.717, 1.165) is 34.6 Å². The zero-order valence-corrected chi connectivity index (χ0v) is 13.9. The van der Waals surface area contributed by atoms with Crippen molar-refractivity contribution in [3.05, 3.63) is 59.2 Å². The summed E-state index contributed by atoms with van der Waals surface area (Å²) in [5.74, 6) is 1.38. The predicted molar refractivity (Wildman–Crippen MR) is 90.2 cm³/mol. The second-order valence-electron chi connectivity index (χ2n) is 5.65. The van der Waals surface area contributed by atoms with E-state index >= 15 is 0 Å². The van der Waals surface area contributed by atoms with Gasteiger partial charge in [0.05, 0.1) is 20.8 Å². The molecule has 0 aliphatic carbocycles. The predicted octanol–water partition coefficient (Wildman–Crippen LogP) is 2.63. The summed E-state index contributed by atoms with van der Waals surface area (Å²) in [6.45, 7) is 1.23. The van der Waals surface area contributed by atoms with E-state index in [2.05, 4.69) is 5.32 Å². The van der Waals surface area contributed by atoms with Crippen molar-refractivity contribution in [2.24, 2.45) is 0 Å². The fraction of sp³-hybridized carbons (Fsp3) is 0.316. The lowest BCUT2D eigenvalue weighted by atomic mass is 10.0. The zero-order chi connectivity index (χ0) is 16.9. The molecule has 1 atom stereocenters. The lowest BCUT2D eigenvalue weighted by Gasteiger charge is -2.18. The van der Waals surface area contributed by atoms with Crippen molar-refractivity contribution in [1.82, 2.24) is 5.32 Å². The molecule has 0 bridgehead atoms. The van der Waals surface area contributed by atoms with Crippen molar-refractivity contribution in [3.8, 4) is 11.5 Å². The summed E-state index contributed by atoms with van der Waals surface area (Å²) in [6.07, 6.45) is 0.868. The van der Waals surface area contributed by atoms with E-state index in [1.807, 2.05) is 42.5 Å².